The minimum absolute atomic E-state index is 0.254. The van der Waals surface area contributed by atoms with Crippen LogP contribution in [0.4, 0.5) is 11.5 Å². The first-order chi connectivity index (χ1) is 11.1. The summed E-state index contributed by atoms with van der Waals surface area (Å²) in [4.78, 5) is 20.4. The van der Waals surface area contributed by atoms with Crippen molar-refractivity contribution in [1.29, 1.82) is 0 Å². The molecule has 0 aliphatic heterocycles. The van der Waals surface area contributed by atoms with Crippen LogP contribution in [0.25, 0.3) is 0 Å². The van der Waals surface area contributed by atoms with Crippen LogP contribution in [0.5, 0.6) is 0 Å². The first-order valence-electron chi connectivity index (χ1n) is 7.53. The van der Waals surface area contributed by atoms with Gasteiger partial charge in [0.25, 0.3) is 5.91 Å². The maximum Gasteiger partial charge on any atom is 0.274 e. The Morgan fingerprint density at radius 3 is 2.74 bits per heavy atom. The van der Waals surface area contributed by atoms with Crippen molar-refractivity contribution in [2.24, 2.45) is 0 Å². The topological polar surface area (TPSA) is 76.1 Å². The predicted molar refractivity (Wildman–Crippen MR) is 90.9 cm³/mol. The van der Waals surface area contributed by atoms with E-state index in [4.69, 9.17) is 4.74 Å². The molecular weight excluding hydrogens is 292 g/mol. The van der Waals surface area contributed by atoms with Gasteiger partial charge in [-0.3, -0.25) is 4.79 Å². The molecule has 1 heterocycles. The Morgan fingerprint density at radius 1 is 1.17 bits per heavy atom. The molecule has 0 saturated heterocycles. The number of carbonyl (C=O) groups is 1. The van der Waals surface area contributed by atoms with Crippen LogP contribution in [-0.4, -0.2) is 36.1 Å². The molecule has 2 aromatic rings. The van der Waals surface area contributed by atoms with Crippen LogP contribution in [0.3, 0.4) is 0 Å². The highest BCUT2D eigenvalue weighted by atomic mass is 16.5. The van der Waals surface area contributed by atoms with E-state index in [0.29, 0.717) is 18.1 Å². The summed E-state index contributed by atoms with van der Waals surface area (Å²) in [5.74, 6) is 0.372. The van der Waals surface area contributed by atoms with Crippen molar-refractivity contribution in [2.75, 3.05) is 30.9 Å². The maximum atomic E-state index is 12.3. The van der Waals surface area contributed by atoms with Gasteiger partial charge in [-0.05, 0) is 43.5 Å². The van der Waals surface area contributed by atoms with Gasteiger partial charge in [-0.15, -0.1) is 0 Å². The number of nitrogens with one attached hydrogen (secondary N) is 2. The lowest BCUT2D eigenvalue weighted by Gasteiger charge is -2.09. The molecule has 0 bridgehead atoms. The molecule has 6 nitrogen and oxygen atoms in total. The van der Waals surface area contributed by atoms with Crippen molar-refractivity contribution in [3.05, 3.63) is 47.4 Å². The van der Waals surface area contributed by atoms with E-state index in [-0.39, 0.29) is 5.91 Å². The monoisotopic (exact) mass is 314 g/mol. The van der Waals surface area contributed by atoms with Crippen LogP contribution >= 0.6 is 0 Å². The molecule has 1 aromatic heterocycles. The molecule has 23 heavy (non-hydrogen) atoms. The van der Waals surface area contributed by atoms with Crippen LogP contribution in [0.15, 0.2) is 30.6 Å². The number of benzene rings is 1. The second kappa shape index (κ2) is 8.24. The van der Waals surface area contributed by atoms with Crippen LogP contribution in [0, 0.1) is 13.8 Å². The number of amides is 1. The Balaban J connectivity index is 2.00. The molecule has 0 saturated carbocycles. The molecule has 0 unspecified atom stereocenters. The number of anilines is 2. The SMILES string of the molecule is COCCCNc1cc(C(=O)Nc2ccc(C)c(C)c2)ncn1. The fourth-order valence-electron chi connectivity index (χ4n) is 2.03. The molecule has 2 N–H and O–H groups in total. The minimum atomic E-state index is -0.254. The quantitative estimate of drug-likeness (QED) is 0.769. The van der Waals surface area contributed by atoms with Crippen molar-refractivity contribution < 1.29 is 9.53 Å². The van der Waals surface area contributed by atoms with Crippen molar-refractivity contribution in [3.63, 3.8) is 0 Å². The number of aromatic nitrogens is 2. The summed E-state index contributed by atoms with van der Waals surface area (Å²) in [7, 11) is 1.67. The Bertz CT molecular complexity index is 673. The fraction of sp³-hybridized carbons (Fsp3) is 0.353. The molecular formula is C17H22N4O2. The molecule has 0 aliphatic rings. The average Bonchev–Trinajstić information content (AvgIpc) is 2.55. The minimum Gasteiger partial charge on any atom is -0.385 e. The summed E-state index contributed by atoms with van der Waals surface area (Å²) < 4.78 is 4.99. The lowest BCUT2D eigenvalue weighted by Crippen LogP contribution is -2.15. The van der Waals surface area contributed by atoms with E-state index in [9.17, 15) is 4.79 Å². The van der Waals surface area contributed by atoms with Gasteiger partial charge in [-0.1, -0.05) is 6.07 Å². The lowest BCUT2D eigenvalue weighted by molar-refractivity contribution is 0.102. The highest BCUT2D eigenvalue weighted by Crippen LogP contribution is 2.15. The van der Waals surface area contributed by atoms with Crippen molar-refractivity contribution in [2.45, 2.75) is 20.3 Å². The second-order valence-corrected chi connectivity index (χ2v) is 5.31. The van der Waals surface area contributed by atoms with E-state index in [2.05, 4.69) is 20.6 Å². The highest BCUT2D eigenvalue weighted by molar-refractivity contribution is 6.03. The van der Waals surface area contributed by atoms with E-state index in [1.54, 1.807) is 13.2 Å². The standard InChI is InChI=1S/C17H22N4O2/c1-12-5-6-14(9-13(12)2)21-17(22)15-10-16(20-11-19-15)18-7-4-8-23-3/h5-6,9-11H,4,7-8H2,1-3H3,(H,21,22)(H,18,19,20). The second-order valence-electron chi connectivity index (χ2n) is 5.31. The zero-order valence-electron chi connectivity index (χ0n) is 13.7. The molecule has 0 atom stereocenters. The van der Waals surface area contributed by atoms with Gasteiger partial charge in [0.15, 0.2) is 0 Å². The van der Waals surface area contributed by atoms with E-state index >= 15 is 0 Å². The number of nitrogens with zero attached hydrogens (tertiary/aromatic N) is 2. The van der Waals surface area contributed by atoms with Crippen molar-refractivity contribution >= 4 is 17.4 Å². The third kappa shape index (κ3) is 5.03. The molecule has 122 valence electrons. The first kappa shape index (κ1) is 16.9. The Labute approximate surface area is 136 Å². The van der Waals surface area contributed by atoms with E-state index in [1.165, 1.54) is 11.9 Å². The van der Waals surface area contributed by atoms with Gasteiger partial charge in [0.05, 0.1) is 0 Å². The summed E-state index contributed by atoms with van der Waals surface area (Å²) in [6.07, 6.45) is 2.25. The van der Waals surface area contributed by atoms with Crippen molar-refractivity contribution in [1.82, 2.24) is 9.97 Å². The number of aryl methyl sites for hydroxylation is 2. The number of ether oxygens (including phenoxy) is 1. The molecule has 6 heteroatoms. The number of carbonyl (C=O) groups excluding carboxylic acids is 1. The summed E-state index contributed by atoms with van der Waals surface area (Å²) in [5.41, 5.74) is 3.40. The molecule has 0 radical (unpaired) electrons. The van der Waals surface area contributed by atoms with Gasteiger partial charge >= 0.3 is 0 Å². The van der Waals surface area contributed by atoms with Crippen molar-refractivity contribution in [3.8, 4) is 0 Å². The third-order valence-corrected chi connectivity index (χ3v) is 3.50. The molecule has 2 rings (SSSR count). The molecule has 0 spiro atoms. The molecule has 1 aromatic carbocycles. The van der Waals surface area contributed by atoms with E-state index < -0.39 is 0 Å². The number of hydrogen-bond donors (Lipinski definition) is 2. The van der Waals surface area contributed by atoms with Crippen LogP contribution in [0.1, 0.15) is 28.0 Å². The Kier molecular flexibility index (Phi) is 6.05. The van der Waals surface area contributed by atoms with Crippen LogP contribution < -0.4 is 10.6 Å². The third-order valence-electron chi connectivity index (χ3n) is 3.50. The van der Waals surface area contributed by atoms with Gasteiger partial charge in [0.2, 0.25) is 0 Å². The summed E-state index contributed by atoms with van der Waals surface area (Å²) in [6, 6.07) is 7.44. The Morgan fingerprint density at radius 2 is 2.00 bits per heavy atom. The lowest BCUT2D eigenvalue weighted by atomic mass is 10.1. The average molecular weight is 314 g/mol. The zero-order valence-corrected chi connectivity index (χ0v) is 13.7. The largest absolute Gasteiger partial charge is 0.385 e. The first-order valence-corrected chi connectivity index (χ1v) is 7.53. The predicted octanol–water partition coefficient (Wildman–Crippen LogP) is 2.79. The number of hydrogen-bond acceptors (Lipinski definition) is 5. The summed E-state index contributed by atoms with van der Waals surface area (Å²) in [5, 5.41) is 6.00. The van der Waals surface area contributed by atoms with Gasteiger partial charge in [-0.2, -0.15) is 0 Å². The van der Waals surface area contributed by atoms with Crippen LogP contribution in [0.2, 0.25) is 0 Å². The normalized spacial score (nSPS) is 10.4. The fourth-order valence-corrected chi connectivity index (χ4v) is 2.03. The van der Waals surface area contributed by atoms with Gasteiger partial charge in [0, 0.05) is 32.0 Å². The van der Waals surface area contributed by atoms with Gasteiger partial charge < -0.3 is 15.4 Å². The Hall–Kier alpha value is -2.47. The summed E-state index contributed by atoms with van der Waals surface area (Å²) >= 11 is 0. The smallest absolute Gasteiger partial charge is 0.274 e. The zero-order chi connectivity index (χ0) is 16.7. The number of rotatable bonds is 7. The number of methoxy groups -OCH3 is 1. The summed E-state index contributed by atoms with van der Waals surface area (Å²) in [6.45, 7) is 5.45. The highest BCUT2D eigenvalue weighted by Gasteiger charge is 2.09. The maximum absolute atomic E-state index is 12.3. The molecule has 0 fully saturated rings. The molecule has 1 amide bonds. The van der Waals surface area contributed by atoms with E-state index in [1.807, 2.05) is 32.0 Å². The molecule has 0 aliphatic carbocycles. The van der Waals surface area contributed by atoms with E-state index in [0.717, 1.165) is 24.2 Å². The van der Waals surface area contributed by atoms with Crippen LogP contribution in [-0.2, 0) is 4.74 Å². The van der Waals surface area contributed by atoms with Gasteiger partial charge in [0.1, 0.15) is 17.8 Å². The van der Waals surface area contributed by atoms with Gasteiger partial charge in [-0.25, -0.2) is 9.97 Å².